The molecule has 3 rings (SSSR count). The van der Waals surface area contributed by atoms with E-state index < -0.39 is 25.8 Å². The second-order valence-electron chi connectivity index (χ2n) is 7.31. The number of sulfone groups is 1. The minimum atomic E-state index is -3.86. The molecule has 1 saturated heterocycles. The number of benzene rings is 2. The summed E-state index contributed by atoms with van der Waals surface area (Å²) in [6, 6.07) is 10.7. The van der Waals surface area contributed by atoms with E-state index in [9.17, 15) is 21.6 Å². The fraction of sp³-hybridized carbons (Fsp3) is 0.381. The minimum Gasteiger partial charge on any atom is -0.495 e. The third-order valence-electron chi connectivity index (χ3n) is 5.01. The first-order chi connectivity index (χ1) is 15.1. The number of aryl methyl sites for hydroxylation is 1. The SMILES string of the molecule is COc1ccc(NC(=O)CCS(=O)(=O)c2ccc(C)cc2)cc1S(=O)(=O)N1CCOCC1. The first-order valence-corrected chi connectivity index (χ1v) is 13.1. The van der Waals surface area contributed by atoms with E-state index >= 15 is 0 Å². The largest absolute Gasteiger partial charge is 0.495 e. The van der Waals surface area contributed by atoms with Gasteiger partial charge in [0.15, 0.2) is 9.84 Å². The second kappa shape index (κ2) is 9.99. The van der Waals surface area contributed by atoms with Crippen LogP contribution in [-0.2, 0) is 29.4 Å². The predicted octanol–water partition coefficient (Wildman–Crippen LogP) is 1.83. The number of nitrogens with zero attached hydrogens (tertiary/aromatic N) is 1. The van der Waals surface area contributed by atoms with Gasteiger partial charge in [0.25, 0.3) is 0 Å². The lowest BCUT2D eigenvalue weighted by Crippen LogP contribution is -2.40. The zero-order valence-electron chi connectivity index (χ0n) is 17.9. The standard InChI is InChI=1S/C21H26N2O7S2/c1-16-3-6-18(7-4-16)31(25,26)14-9-21(24)22-17-5-8-19(29-2)20(15-17)32(27,28)23-10-12-30-13-11-23/h3-8,15H,9-14H2,1-2H3,(H,22,24). The molecular weight excluding hydrogens is 456 g/mol. The summed E-state index contributed by atoms with van der Waals surface area (Å²) in [5.41, 5.74) is 1.17. The molecule has 0 radical (unpaired) electrons. The zero-order valence-corrected chi connectivity index (χ0v) is 19.5. The Morgan fingerprint density at radius 3 is 2.34 bits per heavy atom. The van der Waals surface area contributed by atoms with E-state index in [0.717, 1.165) is 5.56 Å². The summed E-state index contributed by atoms with van der Waals surface area (Å²) in [6.45, 7) is 2.89. The maximum Gasteiger partial charge on any atom is 0.246 e. The summed E-state index contributed by atoms with van der Waals surface area (Å²) in [5.74, 6) is -0.756. The van der Waals surface area contributed by atoms with Crippen molar-refractivity contribution in [3.05, 3.63) is 48.0 Å². The number of amides is 1. The van der Waals surface area contributed by atoms with E-state index in [4.69, 9.17) is 9.47 Å². The Morgan fingerprint density at radius 2 is 1.72 bits per heavy atom. The summed E-state index contributed by atoms with van der Waals surface area (Å²) < 4.78 is 62.7. The third kappa shape index (κ3) is 5.66. The monoisotopic (exact) mass is 482 g/mol. The van der Waals surface area contributed by atoms with Crippen molar-refractivity contribution in [2.24, 2.45) is 0 Å². The molecule has 32 heavy (non-hydrogen) atoms. The first kappa shape index (κ1) is 24.2. The highest BCUT2D eigenvalue weighted by atomic mass is 32.2. The van der Waals surface area contributed by atoms with Crippen molar-refractivity contribution in [2.75, 3.05) is 44.5 Å². The van der Waals surface area contributed by atoms with Gasteiger partial charge in [-0.15, -0.1) is 0 Å². The summed E-state index contributed by atoms with van der Waals surface area (Å²) in [7, 11) is -6.11. The molecule has 0 aliphatic carbocycles. The van der Waals surface area contributed by atoms with Crippen LogP contribution >= 0.6 is 0 Å². The van der Waals surface area contributed by atoms with Crippen LogP contribution in [0.15, 0.2) is 52.3 Å². The Kier molecular flexibility index (Phi) is 7.55. The molecule has 0 saturated carbocycles. The number of carbonyl (C=O) groups excluding carboxylic acids is 1. The average molecular weight is 483 g/mol. The van der Waals surface area contributed by atoms with Crippen molar-refractivity contribution in [3.8, 4) is 5.75 Å². The van der Waals surface area contributed by atoms with Gasteiger partial charge in [-0.1, -0.05) is 17.7 Å². The number of hydrogen-bond donors (Lipinski definition) is 1. The smallest absolute Gasteiger partial charge is 0.246 e. The van der Waals surface area contributed by atoms with Gasteiger partial charge in [-0.25, -0.2) is 16.8 Å². The number of methoxy groups -OCH3 is 1. The summed E-state index contributed by atoms with van der Waals surface area (Å²) in [5, 5.41) is 2.58. The number of anilines is 1. The quantitative estimate of drug-likeness (QED) is 0.610. The van der Waals surface area contributed by atoms with Crippen LogP contribution in [0.1, 0.15) is 12.0 Å². The maximum atomic E-state index is 13.0. The van der Waals surface area contributed by atoms with Crippen molar-refractivity contribution in [1.82, 2.24) is 4.31 Å². The van der Waals surface area contributed by atoms with Crippen molar-refractivity contribution < 1.29 is 31.1 Å². The lowest BCUT2D eigenvalue weighted by atomic mass is 10.2. The molecule has 1 heterocycles. The van der Waals surface area contributed by atoms with E-state index in [-0.39, 0.29) is 46.5 Å². The molecule has 1 aliphatic rings. The van der Waals surface area contributed by atoms with Crippen LogP contribution < -0.4 is 10.1 Å². The molecule has 1 amide bonds. The Balaban J connectivity index is 1.72. The van der Waals surface area contributed by atoms with Crippen molar-refractivity contribution in [2.45, 2.75) is 23.1 Å². The highest BCUT2D eigenvalue weighted by Gasteiger charge is 2.29. The minimum absolute atomic E-state index is 0.0769. The van der Waals surface area contributed by atoms with Crippen LogP contribution in [0, 0.1) is 6.92 Å². The molecule has 174 valence electrons. The van der Waals surface area contributed by atoms with Crippen molar-refractivity contribution >= 4 is 31.5 Å². The van der Waals surface area contributed by atoms with Crippen LogP contribution in [0.25, 0.3) is 0 Å². The summed E-state index contributed by atoms with van der Waals surface area (Å²) in [4.78, 5) is 12.5. The van der Waals surface area contributed by atoms with Crippen molar-refractivity contribution in [3.63, 3.8) is 0 Å². The van der Waals surface area contributed by atoms with E-state index in [1.807, 2.05) is 6.92 Å². The number of hydrogen-bond acceptors (Lipinski definition) is 7. The van der Waals surface area contributed by atoms with E-state index in [0.29, 0.717) is 13.2 Å². The van der Waals surface area contributed by atoms with Gasteiger partial charge in [0.2, 0.25) is 15.9 Å². The Morgan fingerprint density at radius 1 is 1.06 bits per heavy atom. The Bertz CT molecular complexity index is 1170. The van der Waals surface area contributed by atoms with Crippen LogP contribution in [0.5, 0.6) is 5.75 Å². The lowest BCUT2D eigenvalue weighted by molar-refractivity contribution is -0.115. The molecule has 0 aromatic heterocycles. The van der Waals surface area contributed by atoms with Crippen LogP contribution in [-0.4, -0.2) is 66.2 Å². The Hall–Kier alpha value is -2.47. The molecule has 2 aromatic rings. The molecule has 1 aliphatic heterocycles. The van der Waals surface area contributed by atoms with Gasteiger partial charge >= 0.3 is 0 Å². The van der Waals surface area contributed by atoms with Gasteiger partial charge in [-0.05, 0) is 37.3 Å². The normalized spacial score (nSPS) is 15.3. The third-order valence-corrected chi connectivity index (χ3v) is 8.67. The van der Waals surface area contributed by atoms with E-state index in [2.05, 4.69) is 5.32 Å². The van der Waals surface area contributed by atoms with Gasteiger partial charge in [0, 0.05) is 25.2 Å². The molecule has 0 atom stereocenters. The van der Waals surface area contributed by atoms with E-state index in [1.165, 1.54) is 41.7 Å². The van der Waals surface area contributed by atoms with Crippen LogP contribution in [0.3, 0.4) is 0 Å². The number of carbonyl (C=O) groups is 1. The zero-order chi connectivity index (χ0) is 23.4. The molecule has 0 bridgehead atoms. The predicted molar refractivity (Wildman–Crippen MR) is 119 cm³/mol. The number of sulfonamides is 1. The number of rotatable bonds is 8. The highest BCUT2D eigenvalue weighted by molar-refractivity contribution is 7.91. The topological polar surface area (TPSA) is 119 Å². The molecule has 2 aromatic carbocycles. The summed E-state index contributed by atoms with van der Waals surface area (Å²) in [6.07, 6.45) is -0.270. The Labute approximate surface area is 188 Å². The molecule has 1 N–H and O–H groups in total. The number of morpholine rings is 1. The van der Waals surface area contributed by atoms with Gasteiger partial charge in [-0.3, -0.25) is 4.79 Å². The molecule has 11 heteroatoms. The molecular formula is C21H26N2O7S2. The molecule has 1 fully saturated rings. The fourth-order valence-electron chi connectivity index (χ4n) is 3.20. The molecule has 0 unspecified atom stereocenters. The first-order valence-electron chi connectivity index (χ1n) is 9.99. The van der Waals surface area contributed by atoms with Gasteiger partial charge in [-0.2, -0.15) is 4.31 Å². The van der Waals surface area contributed by atoms with Crippen LogP contribution in [0.4, 0.5) is 5.69 Å². The summed E-state index contributed by atoms with van der Waals surface area (Å²) >= 11 is 0. The second-order valence-corrected chi connectivity index (χ2v) is 11.3. The maximum absolute atomic E-state index is 13.0. The molecule has 0 spiro atoms. The number of ether oxygens (including phenoxy) is 2. The average Bonchev–Trinajstić information content (AvgIpc) is 2.78. The van der Waals surface area contributed by atoms with Crippen LogP contribution in [0.2, 0.25) is 0 Å². The van der Waals surface area contributed by atoms with Gasteiger partial charge in [0.05, 0.1) is 31.0 Å². The molecule has 9 nitrogen and oxygen atoms in total. The van der Waals surface area contributed by atoms with Crippen molar-refractivity contribution in [1.29, 1.82) is 0 Å². The van der Waals surface area contributed by atoms with Gasteiger partial charge in [0.1, 0.15) is 10.6 Å². The lowest BCUT2D eigenvalue weighted by Gasteiger charge is -2.26. The number of nitrogens with one attached hydrogen (secondary N) is 1. The van der Waals surface area contributed by atoms with Gasteiger partial charge < -0.3 is 14.8 Å². The van der Waals surface area contributed by atoms with E-state index in [1.54, 1.807) is 12.1 Å². The highest BCUT2D eigenvalue weighted by Crippen LogP contribution is 2.30. The fourth-order valence-corrected chi connectivity index (χ4v) is 6.03.